The minimum absolute atomic E-state index is 0.0728. The number of hydrogen-bond donors (Lipinski definition) is 4. The summed E-state index contributed by atoms with van der Waals surface area (Å²) in [5, 5.41) is 18.1. The van der Waals surface area contributed by atoms with Crippen molar-refractivity contribution in [1.82, 2.24) is 0 Å². The fraction of sp³-hybridized carbons (Fsp3) is 0.308. The second-order valence-corrected chi connectivity index (χ2v) is 4.45. The van der Waals surface area contributed by atoms with Gasteiger partial charge in [0.1, 0.15) is 17.9 Å². The Labute approximate surface area is 115 Å². The monoisotopic (exact) mass is 280 g/mol. The van der Waals surface area contributed by atoms with Crippen molar-refractivity contribution in [2.45, 2.75) is 24.4 Å². The van der Waals surface area contributed by atoms with E-state index in [1.165, 1.54) is 6.07 Å². The highest BCUT2D eigenvalue weighted by molar-refractivity contribution is 5.84. The Bertz CT molecular complexity index is 531. The van der Waals surface area contributed by atoms with Crippen molar-refractivity contribution in [3.05, 3.63) is 35.4 Å². The van der Waals surface area contributed by atoms with Gasteiger partial charge in [-0.1, -0.05) is 24.3 Å². The smallest absolute Gasteiger partial charge is 0.328 e. The highest BCUT2D eigenvalue weighted by Gasteiger charge is 2.37. The third-order valence-corrected chi connectivity index (χ3v) is 3.04. The Morgan fingerprint density at radius 3 is 2.40 bits per heavy atom. The van der Waals surface area contributed by atoms with Crippen molar-refractivity contribution in [2.24, 2.45) is 11.5 Å². The van der Waals surface area contributed by atoms with Crippen LogP contribution in [0.5, 0.6) is 0 Å². The zero-order valence-corrected chi connectivity index (χ0v) is 10.7. The first-order chi connectivity index (χ1) is 9.32. The summed E-state index contributed by atoms with van der Waals surface area (Å²) >= 11 is 0. The van der Waals surface area contributed by atoms with Crippen LogP contribution in [0.15, 0.2) is 24.3 Å². The number of hydrogen-bond acceptors (Lipinski definition) is 5. The Morgan fingerprint density at radius 2 is 1.90 bits per heavy atom. The molecule has 0 saturated carbocycles. The van der Waals surface area contributed by atoms with E-state index in [0.717, 1.165) is 0 Å². The van der Waals surface area contributed by atoms with Crippen molar-refractivity contribution >= 4 is 18.2 Å². The predicted molar refractivity (Wildman–Crippen MR) is 69.9 cm³/mol. The van der Waals surface area contributed by atoms with Crippen LogP contribution in [-0.2, 0) is 26.3 Å². The van der Waals surface area contributed by atoms with Gasteiger partial charge in [-0.2, -0.15) is 0 Å². The molecule has 0 saturated heterocycles. The average molecular weight is 280 g/mol. The van der Waals surface area contributed by atoms with E-state index in [4.69, 9.17) is 16.6 Å². The van der Waals surface area contributed by atoms with Crippen molar-refractivity contribution in [1.29, 1.82) is 0 Å². The molecular weight excluding hydrogens is 264 g/mol. The number of benzene rings is 1. The van der Waals surface area contributed by atoms with Crippen LogP contribution in [-0.4, -0.2) is 34.5 Å². The Kier molecular flexibility index (Phi) is 4.95. The van der Waals surface area contributed by atoms with Gasteiger partial charge in [0, 0.05) is 6.42 Å². The number of aldehydes is 1. The van der Waals surface area contributed by atoms with Gasteiger partial charge in [-0.15, -0.1) is 0 Å². The standard InChI is InChI=1S/C13H16N2O5/c14-10(11(17)18)7-8-3-1-2-4-9(8)13(15,5-6-16)12(19)20/h1-4,6,10H,5,7,14-15H2,(H,17,18)(H,19,20)/t10-,13-/m0/s1. The maximum atomic E-state index is 11.4. The maximum Gasteiger partial charge on any atom is 0.328 e. The first-order valence-electron chi connectivity index (χ1n) is 5.85. The van der Waals surface area contributed by atoms with Crippen molar-refractivity contribution in [2.75, 3.05) is 0 Å². The molecule has 108 valence electrons. The van der Waals surface area contributed by atoms with Gasteiger partial charge in [0.25, 0.3) is 0 Å². The van der Waals surface area contributed by atoms with Gasteiger partial charge in [0.2, 0.25) is 0 Å². The van der Waals surface area contributed by atoms with E-state index in [-0.39, 0.29) is 12.0 Å². The summed E-state index contributed by atoms with van der Waals surface area (Å²) in [6.45, 7) is 0. The largest absolute Gasteiger partial charge is 0.480 e. The highest BCUT2D eigenvalue weighted by Crippen LogP contribution is 2.26. The third kappa shape index (κ3) is 3.19. The number of aliphatic carboxylic acids is 2. The fourth-order valence-corrected chi connectivity index (χ4v) is 1.90. The molecule has 7 heteroatoms. The Morgan fingerprint density at radius 1 is 1.30 bits per heavy atom. The summed E-state index contributed by atoms with van der Waals surface area (Å²) in [5.41, 5.74) is 9.96. The molecule has 1 aromatic rings. The van der Waals surface area contributed by atoms with Crippen LogP contribution in [0, 0.1) is 0 Å². The molecule has 1 aromatic carbocycles. The van der Waals surface area contributed by atoms with Crippen LogP contribution in [0.3, 0.4) is 0 Å². The minimum Gasteiger partial charge on any atom is -0.480 e. The van der Waals surface area contributed by atoms with Crippen LogP contribution in [0.2, 0.25) is 0 Å². The van der Waals surface area contributed by atoms with E-state index in [2.05, 4.69) is 0 Å². The summed E-state index contributed by atoms with van der Waals surface area (Å²) in [4.78, 5) is 32.8. The Balaban J connectivity index is 3.26. The van der Waals surface area contributed by atoms with E-state index in [9.17, 15) is 19.5 Å². The van der Waals surface area contributed by atoms with Gasteiger partial charge in [-0.25, -0.2) is 4.79 Å². The quantitative estimate of drug-likeness (QED) is 0.491. The third-order valence-electron chi connectivity index (χ3n) is 3.04. The lowest BCUT2D eigenvalue weighted by Crippen LogP contribution is -2.46. The first-order valence-corrected chi connectivity index (χ1v) is 5.85. The zero-order valence-electron chi connectivity index (χ0n) is 10.7. The molecule has 1 rings (SSSR count). The molecule has 0 spiro atoms. The van der Waals surface area contributed by atoms with Crippen LogP contribution in [0.25, 0.3) is 0 Å². The van der Waals surface area contributed by atoms with Crippen molar-refractivity contribution < 1.29 is 24.6 Å². The van der Waals surface area contributed by atoms with Crippen LogP contribution < -0.4 is 11.5 Å². The van der Waals surface area contributed by atoms with E-state index in [1.54, 1.807) is 18.2 Å². The maximum absolute atomic E-state index is 11.4. The van der Waals surface area contributed by atoms with Gasteiger partial charge in [-0.05, 0) is 17.5 Å². The average Bonchev–Trinajstić information content (AvgIpc) is 2.39. The predicted octanol–water partition coefficient (Wildman–Crippen LogP) is -0.531. The molecule has 0 heterocycles. The molecular formula is C13H16N2O5. The first kappa shape index (κ1) is 15.8. The SMILES string of the molecule is N[C@@H](Cc1ccccc1[C@@](N)(CC=O)C(=O)O)C(=O)O. The van der Waals surface area contributed by atoms with Crippen molar-refractivity contribution in [3.8, 4) is 0 Å². The molecule has 0 aliphatic carbocycles. The number of carboxylic acids is 2. The summed E-state index contributed by atoms with van der Waals surface area (Å²) in [6.07, 6.45) is -0.0692. The number of carboxylic acid groups (broad SMARTS) is 2. The summed E-state index contributed by atoms with van der Waals surface area (Å²) < 4.78 is 0. The molecule has 6 N–H and O–H groups in total. The molecule has 0 aliphatic heterocycles. The van der Waals surface area contributed by atoms with Crippen LogP contribution in [0.4, 0.5) is 0 Å². The topological polar surface area (TPSA) is 144 Å². The summed E-state index contributed by atoms with van der Waals surface area (Å²) in [6, 6.07) is 5.02. The number of carbonyl (C=O) groups excluding carboxylic acids is 1. The summed E-state index contributed by atoms with van der Waals surface area (Å²) in [5.74, 6) is -2.56. The van der Waals surface area contributed by atoms with E-state index in [0.29, 0.717) is 11.8 Å². The van der Waals surface area contributed by atoms with Gasteiger partial charge >= 0.3 is 11.9 Å². The molecule has 0 aliphatic rings. The highest BCUT2D eigenvalue weighted by atomic mass is 16.4. The summed E-state index contributed by atoms with van der Waals surface area (Å²) in [7, 11) is 0. The van der Waals surface area contributed by atoms with Gasteiger partial charge in [0.15, 0.2) is 0 Å². The van der Waals surface area contributed by atoms with Gasteiger partial charge in [0.05, 0.1) is 0 Å². The van der Waals surface area contributed by atoms with Crippen molar-refractivity contribution in [3.63, 3.8) is 0 Å². The second kappa shape index (κ2) is 6.27. The number of carbonyl (C=O) groups is 3. The van der Waals surface area contributed by atoms with E-state index < -0.39 is 29.9 Å². The molecule has 0 bridgehead atoms. The Hall–Kier alpha value is -2.25. The van der Waals surface area contributed by atoms with E-state index >= 15 is 0 Å². The molecule has 20 heavy (non-hydrogen) atoms. The molecule has 0 radical (unpaired) electrons. The number of nitrogens with two attached hydrogens (primary N) is 2. The molecule has 0 amide bonds. The molecule has 2 atom stereocenters. The van der Waals surface area contributed by atoms with Gasteiger partial charge in [-0.3, -0.25) is 4.79 Å². The molecule has 0 unspecified atom stereocenters. The lowest BCUT2D eigenvalue weighted by Gasteiger charge is -2.26. The second-order valence-electron chi connectivity index (χ2n) is 4.45. The molecule has 7 nitrogen and oxygen atoms in total. The fourth-order valence-electron chi connectivity index (χ4n) is 1.90. The van der Waals surface area contributed by atoms with E-state index in [1.807, 2.05) is 0 Å². The van der Waals surface area contributed by atoms with Crippen LogP contribution >= 0.6 is 0 Å². The minimum atomic E-state index is -1.89. The molecule has 0 fully saturated rings. The van der Waals surface area contributed by atoms with Crippen LogP contribution in [0.1, 0.15) is 17.5 Å². The lowest BCUT2D eigenvalue weighted by atomic mass is 9.83. The number of rotatable bonds is 7. The van der Waals surface area contributed by atoms with Gasteiger partial charge < -0.3 is 26.5 Å². The normalized spacial score (nSPS) is 15.1. The lowest BCUT2D eigenvalue weighted by molar-refractivity contribution is -0.145. The molecule has 0 aromatic heterocycles. The zero-order chi connectivity index (χ0) is 15.3.